The number of hydrogen-bond donors (Lipinski definition) is 1. The van der Waals surface area contributed by atoms with E-state index in [1.165, 1.54) is 4.68 Å². The predicted octanol–water partition coefficient (Wildman–Crippen LogP) is -1.16. The number of rotatable bonds is 2. The predicted molar refractivity (Wildman–Crippen MR) is 30.1 cm³/mol. The minimum absolute atomic E-state index is 0.135. The first kappa shape index (κ1) is 6.66. The molecule has 0 bridgehead atoms. The largest absolute Gasteiger partial charge is 0.481 e. The monoisotopic (exact) mass is 142 g/mol. The number of hydrogen-bond acceptors (Lipinski definition) is 4. The third-order valence-corrected chi connectivity index (χ3v) is 1.02. The average Bonchev–Trinajstić information content (AvgIpc) is 2.15. The van der Waals surface area contributed by atoms with Gasteiger partial charge in [0.2, 0.25) is 0 Å². The summed E-state index contributed by atoms with van der Waals surface area (Å²) in [7, 11) is 1.60. The molecule has 10 heavy (non-hydrogen) atoms. The molecule has 1 aromatic rings. The number of aliphatic carboxylic acids is 1. The van der Waals surface area contributed by atoms with Crippen LogP contribution in [0.15, 0.2) is 0 Å². The average molecular weight is 142 g/mol. The summed E-state index contributed by atoms with van der Waals surface area (Å²) in [5, 5.41) is 18.5. The van der Waals surface area contributed by atoms with Gasteiger partial charge in [0.1, 0.15) is 6.42 Å². The van der Waals surface area contributed by atoms with Crippen molar-refractivity contribution in [2.75, 3.05) is 0 Å². The second-order valence-corrected chi connectivity index (χ2v) is 1.79. The van der Waals surface area contributed by atoms with Gasteiger partial charge in [0.25, 0.3) is 0 Å². The van der Waals surface area contributed by atoms with Crippen LogP contribution in [0.1, 0.15) is 5.82 Å². The maximum absolute atomic E-state index is 10.1. The van der Waals surface area contributed by atoms with Gasteiger partial charge >= 0.3 is 5.97 Å². The fraction of sp³-hybridized carbons (Fsp3) is 0.500. The number of tetrazole rings is 1. The zero-order valence-corrected chi connectivity index (χ0v) is 5.35. The molecule has 0 radical (unpaired) electrons. The zero-order valence-electron chi connectivity index (χ0n) is 5.35. The molecule has 6 nitrogen and oxygen atoms in total. The van der Waals surface area contributed by atoms with E-state index in [-0.39, 0.29) is 6.42 Å². The van der Waals surface area contributed by atoms with E-state index in [4.69, 9.17) is 5.11 Å². The molecule has 0 amide bonds. The van der Waals surface area contributed by atoms with E-state index < -0.39 is 5.97 Å². The van der Waals surface area contributed by atoms with E-state index in [0.717, 1.165) is 0 Å². The molecular formula is C4H6N4O2. The third kappa shape index (κ3) is 1.28. The summed E-state index contributed by atoms with van der Waals surface area (Å²) in [5.74, 6) is -0.578. The first-order valence-corrected chi connectivity index (χ1v) is 2.63. The Balaban J connectivity index is 2.74. The van der Waals surface area contributed by atoms with Crippen LogP contribution < -0.4 is 0 Å². The Hall–Kier alpha value is -1.46. The summed E-state index contributed by atoms with van der Waals surface area (Å²) in [5.41, 5.74) is 0. The lowest BCUT2D eigenvalue weighted by atomic mass is 10.4. The van der Waals surface area contributed by atoms with Gasteiger partial charge in [-0.15, -0.1) is 5.10 Å². The van der Waals surface area contributed by atoms with E-state index in [9.17, 15) is 4.79 Å². The van der Waals surface area contributed by atoms with Crippen LogP contribution in [0.2, 0.25) is 0 Å². The van der Waals surface area contributed by atoms with E-state index in [1.807, 2.05) is 0 Å². The van der Waals surface area contributed by atoms with Gasteiger partial charge in [-0.1, -0.05) is 0 Å². The summed E-state index contributed by atoms with van der Waals surface area (Å²) in [6.07, 6.45) is -0.135. The number of nitrogens with zero attached hydrogens (tertiary/aromatic N) is 4. The van der Waals surface area contributed by atoms with E-state index in [1.54, 1.807) is 7.05 Å². The standard InChI is InChI=1S/C4H6N4O2/c1-8-3(2-4(9)10)5-6-7-8/h2H2,1H3,(H,9,10). The fourth-order valence-electron chi connectivity index (χ4n) is 0.533. The van der Waals surface area contributed by atoms with Crippen LogP contribution in [0.25, 0.3) is 0 Å². The van der Waals surface area contributed by atoms with Crippen molar-refractivity contribution in [3.05, 3.63) is 5.82 Å². The van der Waals surface area contributed by atoms with Crippen molar-refractivity contribution in [2.45, 2.75) is 6.42 Å². The first-order chi connectivity index (χ1) is 4.70. The molecule has 0 unspecified atom stereocenters. The molecular weight excluding hydrogens is 136 g/mol. The van der Waals surface area contributed by atoms with Gasteiger partial charge in [-0.2, -0.15) is 0 Å². The SMILES string of the molecule is Cn1nnnc1CC(=O)O. The fourth-order valence-corrected chi connectivity index (χ4v) is 0.533. The summed E-state index contributed by atoms with van der Waals surface area (Å²) in [6, 6.07) is 0. The van der Waals surface area contributed by atoms with Crippen molar-refractivity contribution in [1.82, 2.24) is 20.2 Å². The highest BCUT2D eigenvalue weighted by molar-refractivity contribution is 5.68. The number of carboxylic acid groups (broad SMARTS) is 1. The molecule has 0 aromatic carbocycles. The Morgan fingerprint density at radius 2 is 2.50 bits per heavy atom. The summed E-state index contributed by atoms with van der Waals surface area (Å²) in [6.45, 7) is 0. The molecule has 0 spiro atoms. The number of aromatic nitrogens is 4. The molecule has 0 aliphatic heterocycles. The van der Waals surface area contributed by atoms with E-state index in [0.29, 0.717) is 5.82 Å². The molecule has 6 heteroatoms. The Bertz CT molecular complexity index is 243. The topological polar surface area (TPSA) is 80.9 Å². The summed E-state index contributed by atoms with van der Waals surface area (Å²) < 4.78 is 1.33. The molecule has 1 aromatic heterocycles. The quantitative estimate of drug-likeness (QED) is 0.563. The smallest absolute Gasteiger partial charge is 0.311 e. The molecule has 0 fully saturated rings. The molecule has 54 valence electrons. The number of aryl methyl sites for hydroxylation is 1. The zero-order chi connectivity index (χ0) is 7.56. The summed E-state index contributed by atoms with van der Waals surface area (Å²) >= 11 is 0. The molecule has 0 aliphatic rings. The molecule has 0 saturated carbocycles. The Kier molecular flexibility index (Phi) is 1.61. The normalized spacial score (nSPS) is 9.70. The van der Waals surface area contributed by atoms with Crippen molar-refractivity contribution in [2.24, 2.45) is 7.05 Å². The minimum Gasteiger partial charge on any atom is -0.481 e. The second kappa shape index (κ2) is 2.42. The lowest BCUT2D eigenvalue weighted by molar-refractivity contribution is -0.136. The lowest BCUT2D eigenvalue weighted by Crippen LogP contribution is -2.06. The van der Waals surface area contributed by atoms with Gasteiger partial charge in [0, 0.05) is 7.05 Å². The van der Waals surface area contributed by atoms with Gasteiger partial charge in [-0.05, 0) is 10.4 Å². The molecule has 1 rings (SSSR count). The van der Waals surface area contributed by atoms with Crippen LogP contribution in [-0.2, 0) is 18.3 Å². The Morgan fingerprint density at radius 3 is 2.90 bits per heavy atom. The van der Waals surface area contributed by atoms with Crippen molar-refractivity contribution >= 4 is 5.97 Å². The van der Waals surface area contributed by atoms with Crippen LogP contribution in [0.4, 0.5) is 0 Å². The van der Waals surface area contributed by atoms with Gasteiger partial charge in [-0.25, -0.2) is 4.68 Å². The van der Waals surface area contributed by atoms with Crippen LogP contribution >= 0.6 is 0 Å². The highest BCUT2D eigenvalue weighted by Crippen LogP contribution is 1.88. The van der Waals surface area contributed by atoms with Crippen LogP contribution in [-0.4, -0.2) is 31.3 Å². The third-order valence-electron chi connectivity index (χ3n) is 1.02. The molecule has 0 saturated heterocycles. The second-order valence-electron chi connectivity index (χ2n) is 1.79. The maximum Gasteiger partial charge on any atom is 0.311 e. The van der Waals surface area contributed by atoms with Gasteiger partial charge in [-0.3, -0.25) is 4.79 Å². The highest BCUT2D eigenvalue weighted by atomic mass is 16.4. The molecule has 0 aliphatic carbocycles. The van der Waals surface area contributed by atoms with Crippen molar-refractivity contribution in [3.8, 4) is 0 Å². The van der Waals surface area contributed by atoms with E-state index in [2.05, 4.69) is 15.5 Å². The number of carboxylic acids is 1. The maximum atomic E-state index is 10.1. The lowest BCUT2D eigenvalue weighted by Gasteiger charge is -1.90. The first-order valence-electron chi connectivity index (χ1n) is 2.63. The Morgan fingerprint density at radius 1 is 1.80 bits per heavy atom. The van der Waals surface area contributed by atoms with Gasteiger partial charge in [0.15, 0.2) is 5.82 Å². The summed E-state index contributed by atoms with van der Waals surface area (Å²) in [4.78, 5) is 10.1. The van der Waals surface area contributed by atoms with Crippen molar-refractivity contribution in [1.29, 1.82) is 0 Å². The van der Waals surface area contributed by atoms with Gasteiger partial charge in [0.05, 0.1) is 0 Å². The Labute approximate surface area is 56.5 Å². The van der Waals surface area contributed by atoms with Crippen LogP contribution in [0, 0.1) is 0 Å². The van der Waals surface area contributed by atoms with E-state index >= 15 is 0 Å². The van der Waals surface area contributed by atoms with Crippen LogP contribution in [0.3, 0.4) is 0 Å². The highest BCUT2D eigenvalue weighted by Gasteiger charge is 2.05. The van der Waals surface area contributed by atoms with Gasteiger partial charge < -0.3 is 5.11 Å². The molecule has 1 N–H and O–H groups in total. The van der Waals surface area contributed by atoms with Crippen LogP contribution in [0.5, 0.6) is 0 Å². The van der Waals surface area contributed by atoms with Crippen molar-refractivity contribution in [3.63, 3.8) is 0 Å². The van der Waals surface area contributed by atoms with Crippen molar-refractivity contribution < 1.29 is 9.90 Å². The molecule has 0 atom stereocenters. The minimum atomic E-state index is -0.932. The molecule has 1 heterocycles. The number of carbonyl (C=O) groups is 1.